The minimum Gasteiger partial charge on any atom is -0.352 e. The van der Waals surface area contributed by atoms with Gasteiger partial charge in [0.2, 0.25) is 17.7 Å². The van der Waals surface area contributed by atoms with Crippen molar-refractivity contribution in [3.05, 3.63) is 35.9 Å². The van der Waals surface area contributed by atoms with Gasteiger partial charge in [0.25, 0.3) is 0 Å². The van der Waals surface area contributed by atoms with Crippen LogP contribution in [0.15, 0.2) is 30.3 Å². The van der Waals surface area contributed by atoms with Gasteiger partial charge in [0, 0.05) is 13.1 Å². The number of amides is 3. The van der Waals surface area contributed by atoms with Crippen LogP contribution in [0.5, 0.6) is 0 Å². The zero-order chi connectivity index (χ0) is 16.5. The van der Waals surface area contributed by atoms with E-state index < -0.39 is 0 Å². The molecule has 3 amide bonds. The highest BCUT2D eigenvalue weighted by atomic mass is 16.2. The Balaban J connectivity index is 2.32. The molecular formula is C16H23N3O3. The van der Waals surface area contributed by atoms with Crippen LogP contribution in [0.1, 0.15) is 19.4 Å². The van der Waals surface area contributed by atoms with E-state index in [1.54, 1.807) is 0 Å². The fourth-order valence-corrected chi connectivity index (χ4v) is 1.82. The first-order valence-corrected chi connectivity index (χ1v) is 7.22. The maximum Gasteiger partial charge on any atom is 0.242 e. The average molecular weight is 305 g/mol. The van der Waals surface area contributed by atoms with Crippen LogP contribution in [0.25, 0.3) is 0 Å². The Morgan fingerprint density at radius 1 is 1.09 bits per heavy atom. The first-order chi connectivity index (χ1) is 10.4. The molecule has 1 aromatic carbocycles. The number of carbonyl (C=O) groups excluding carboxylic acids is 3. The molecule has 0 saturated carbocycles. The third-order valence-corrected chi connectivity index (χ3v) is 2.90. The van der Waals surface area contributed by atoms with Crippen LogP contribution in [-0.4, -0.2) is 48.8 Å². The summed E-state index contributed by atoms with van der Waals surface area (Å²) in [4.78, 5) is 36.4. The van der Waals surface area contributed by atoms with Crippen LogP contribution in [-0.2, 0) is 20.8 Å². The summed E-state index contributed by atoms with van der Waals surface area (Å²) >= 11 is 0. The standard InChI is InChI=1S/C16H23N3O3/c1-12(2)18-15(21)11-19(3)16(22)10-17-14(20)9-13-7-5-4-6-8-13/h4-8,12H,9-11H2,1-3H3,(H,17,20)(H,18,21). The van der Waals surface area contributed by atoms with Crippen molar-refractivity contribution >= 4 is 17.7 Å². The van der Waals surface area contributed by atoms with Crippen LogP contribution in [0.4, 0.5) is 0 Å². The first kappa shape index (κ1) is 17.7. The topological polar surface area (TPSA) is 78.5 Å². The van der Waals surface area contributed by atoms with Crippen LogP contribution in [0, 0.1) is 0 Å². The minimum atomic E-state index is -0.305. The molecule has 2 N–H and O–H groups in total. The molecule has 0 unspecified atom stereocenters. The number of nitrogens with zero attached hydrogens (tertiary/aromatic N) is 1. The lowest BCUT2D eigenvalue weighted by Crippen LogP contribution is -2.44. The Kier molecular flexibility index (Phi) is 7.08. The quantitative estimate of drug-likeness (QED) is 0.762. The molecule has 0 radical (unpaired) electrons. The fraction of sp³-hybridized carbons (Fsp3) is 0.438. The van der Waals surface area contributed by atoms with E-state index in [4.69, 9.17) is 0 Å². The summed E-state index contributed by atoms with van der Waals surface area (Å²) in [7, 11) is 1.53. The average Bonchev–Trinajstić information content (AvgIpc) is 2.44. The molecule has 0 aliphatic heterocycles. The smallest absolute Gasteiger partial charge is 0.242 e. The third-order valence-electron chi connectivity index (χ3n) is 2.90. The van der Waals surface area contributed by atoms with Crippen LogP contribution >= 0.6 is 0 Å². The van der Waals surface area contributed by atoms with Crippen LogP contribution in [0.2, 0.25) is 0 Å². The van der Waals surface area contributed by atoms with Crippen molar-refractivity contribution in [3.63, 3.8) is 0 Å². The van der Waals surface area contributed by atoms with Crippen molar-refractivity contribution < 1.29 is 14.4 Å². The lowest BCUT2D eigenvalue weighted by Gasteiger charge is -2.18. The number of likely N-dealkylation sites (N-methyl/N-ethyl adjacent to an activating group) is 1. The summed E-state index contributed by atoms with van der Waals surface area (Å²) in [6, 6.07) is 9.32. The highest BCUT2D eigenvalue weighted by Crippen LogP contribution is 1.99. The molecule has 22 heavy (non-hydrogen) atoms. The maximum atomic E-state index is 11.9. The van der Waals surface area contributed by atoms with Gasteiger partial charge >= 0.3 is 0 Å². The van der Waals surface area contributed by atoms with Crippen molar-refractivity contribution in [2.45, 2.75) is 26.3 Å². The van der Waals surface area contributed by atoms with Crippen molar-refractivity contribution in [2.75, 3.05) is 20.1 Å². The van der Waals surface area contributed by atoms with Gasteiger partial charge in [-0.1, -0.05) is 30.3 Å². The zero-order valence-electron chi connectivity index (χ0n) is 13.3. The predicted octanol–water partition coefficient (Wildman–Crippen LogP) is 0.328. The van der Waals surface area contributed by atoms with E-state index in [0.717, 1.165) is 5.56 Å². The van der Waals surface area contributed by atoms with Gasteiger partial charge in [0.1, 0.15) is 0 Å². The Hall–Kier alpha value is -2.37. The normalized spacial score (nSPS) is 10.2. The minimum absolute atomic E-state index is 0.0223. The van der Waals surface area contributed by atoms with Gasteiger partial charge in [-0.25, -0.2) is 0 Å². The lowest BCUT2D eigenvalue weighted by molar-refractivity contribution is -0.135. The van der Waals surface area contributed by atoms with Crippen molar-refractivity contribution in [3.8, 4) is 0 Å². The third kappa shape index (κ3) is 6.88. The van der Waals surface area contributed by atoms with Crippen molar-refractivity contribution in [2.24, 2.45) is 0 Å². The monoisotopic (exact) mass is 305 g/mol. The van der Waals surface area contributed by atoms with Gasteiger partial charge in [-0.05, 0) is 19.4 Å². The summed E-state index contributed by atoms with van der Waals surface area (Å²) in [5, 5.41) is 5.27. The van der Waals surface area contributed by atoms with E-state index in [0.29, 0.717) is 0 Å². The van der Waals surface area contributed by atoms with E-state index in [-0.39, 0.29) is 43.3 Å². The Bertz CT molecular complexity index is 515. The Labute approximate surface area is 130 Å². The second kappa shape index (κ2) is 8.81. The highest BCUT2D eigenvalue weighted by molar-refractivity contribution is 5.88. The van der Waals surface area contributed by atoms with Crippen LogP contribution in [0.3, 0.4) is 0 Å². The maximum absolute atomic E-state index is 11.9. The Morgan fingerprint density at radius 2 is 1.73 bits per heavy atom. The number of carbonyl (C=O) groups is 3. The molecule has 0 spiro atoms. The van der Waals surface area contributed by atoms with Gasteiger partial charge in [0.05, 0.1) is 19.5 Å². The van der Waals surface area contributed by atoms with Gasteiger partial charge in [-0.3, -0.25) is 14.4 Å². The molecule has 0 fully saturated rings. The molecule has 1 aromatic rings. The second-order valence-electron chi connectivity index (χ2n) is 5.41. The molecular weight excluding hydrogens is 282 g/mol. The molecule has 0 aromatic heterocycles. The Morgan fingerprint density at radius 3 is 2.32 bits per heavy atom. The summed E-state index contributed by atoms with van der Waals surface area (Å²) in [6.45, 7) is 3.57. The molecule has 0 aliphatic carbocycles. The highest BCUT2D eigenvalue weighted by Gasteiger charge is 2.14. The number of hydrogen-bond donors (Lipinski definition) is 2. The number of hydrogen-bond acceptors (Lipinski definition) is 3. The second-order valence-corrected chi connectivity index (χ2v) is 5.41. The van der Waals surface area contributed by atoms with E-state index in [2.05, 4.69) is 10.6 Å². The first-order valence-electron chi connectivity index (χ1n) is 7.22. The summed E-state index contributed by atoms with van der Waals surface area (Å²) in [5.74, 6) is -0.749. The zero-order valence-corrected chi connectivity index (χ0v) is 13.3. The molecule has 0 aliphatic rings. The molecule has 0 heterocycles. The summed E-state index contributed by atoms with van der Waals surface area (Å²) in [5.41, 5.74) is 0.886. The SMILES string of the molecule is CC(C)NC(=O)CN(C)C(=O)CNC(=O)Cc1ccccc1. The van der Waals surface area contributed by atoms with Gasteiger partial charge in [0.15, 0.2) is 0 Å². The predicted molar refractivity (Wildman–Crippen MR) is 84.1 cm³/mol. The molecule has 1 rings (SSSR count). The summed E-state index contributed by atoms with van der Waals surface area (Å²) in [6.07, 6.45) is 0.228. The fourth-order valence-electron chi connectivity index (χ4n) is 1.82. The largest absolute Gasteiger partial charge is 0.352 e. The van der Waals surface area contributed by atoms with E-state index >= 15 is 0 Å². The van der Waals surface area contributed by atoms with Crippen molar-refractivity contribution in [1.82, 2.24) is 15.5 Å². The number of rotatable bonds is 7. The molecule has 0 saturated heterocycles. The molecule has 6 heteroatoms. The molecule has 6 nitrogen and oxygen atoms in total. The molecule has 0 bridgehead atoms. The van der Waals surface area contributed by atoms with Crippen molar-refractivity contribution in [1.29, 1.82) is 0 Å². The van der Waals surface area contributed by atoms with Gasteiger partial charge < -0.3 is 15.5 Å². The van der Waals surface area contributed by atoms with Gasteiger partial charge in [-0.2, -0.15) is 0 Å². The lowest BCUT2D eigenvalue weighted by atomic mass is 10.1. The molecule has 0 atom stereocenters. The van der Waals surface area contributed by atoms with Gasteiger partial charge in [-0.15, -0.1) is 0 Å². The van der Waals surface area contributed by atoms with E-state index in [1.165, 1.54) is 11.9 Å². The number of benzene rings is 1. The molecule has 120 valence electrons. The van der Waals surface area contributed by atoms with Crippen LogP contribution < -0.4 is 10.6 Å². The summed E-state index contributed by atoms with van der Waals surface area (Å²) < 4.78 is 0. The van der Waals surface area contributed by atoms with E-state index in [9.17, 15) is 14.4 Å². The number of nitrogens with one attached hydrogen (secondary N) is 2. The van der Waals surface area contributed by atoms with E-state index in [1.807, 2.05) is 44.2 Å².